The predicted molar refractivity (Wildman–Crippen MR) is 71.7 cm³/mol. The van der Waals surface area contributed by atoms with Gasteiger partial charge in [-0.15, -0.1) is 0 Å². The first-order chi connectivity index (χ1) is 5.37. The van der Waals surface area contributed by atoms with Crippen molar-refractivity contribution in [3.8, 4) is 0 Å². The van der Waals surface area contributed by atoms with Gasteiger partial charge in [0, 0.05) is 0 Å². The van der Waals surface area contributed by atoms with E-state index in [2.05, 4.69) is 38.7 Å². The van der Waals surface area contributed by atoms with Gasteiger partial charge in [-0.25, -0.2) is 0 Å². The molecule has 0 aromatic carbocycles. The van der Waals surface area contributed by atoms with Gasteiger partial charge in [0.1, 0.15) is 0 Å². The number of hydrogen-bond donors (Lipinski definition) is 0. The Kier molecular flexibility index (Phi) is 5.61. The summed E-state index contributed by atoms with van der Waals surface area (Å²) in [5, 5.41) is 2.90. The maximum atomic E-state index is 2.58. The van der Waals surface area contributed by atoms with Crippen molar-refractivity contribution in [3.05, 3.63) is 0 Å². The predicted octanol–water partition coefficient (Wildman–Crippen LogP) is 3.29. The van der Waals surface area contributed by atoms with Gasteiger partial charge in [-0.2, -0.15) is 23.5 Å². The van der Waals surface area contributed by atoms with Crippen LogP contribution < -0.4 is 0 Å². The number of thioether (sulfide) groups is 2. The molecule has 0 bridgehead atoms. The highest BCUT2D eigenvalue weighted by Gasteiger charge is 2.39. The summed E-state index contributed by atoms with van der Waals surface area (Å²) in [6.07, 6.45) is 4.50. The molecule has 74 valence electrons. The zero-order valence-electron chi connectivity index (χ0n) is 9.23. The topological polar surface area (TPSA) is 0 Å². The Morgan fingerprint density at radius 2 is 1.00 bits per heavy atom. The lowest BCUT2D eigenvalue weighted by atomic mass is 11.8. The van der Waals surface area contributed by atoms with Gasteiger partial charge in [-0.1, -0.05) is 26.2 Å². The monoisotopic (exact) mass is 238 g/mol. The van der Waals surface area contributed by atoms with E-state index in [0.29, 0.717) is 0 Å². The van der Waals surface area contributed by atoms with Crippen LogP contribution in [0.15, 0.2) is 0 Å². The van der Waals surface area contributed by atoms with Crippen LogP contribution in [0.2, 0.25) is 26.2 Å². The molecule has 0 spiro atoms. The molecule has 0 rings (SSSR count). The summed E-state index contributed by atoms with van der Waals surface area (Å²) < 4.78 is 0. The van der Waals surface area contributed by atoms with Crippen molar-refractivity contribution < 1.29 is 0 Å². The maximum absolute atomic E-state index is 2.58. The lowest BCUT2D eigenvalue weighted by Crippen LogP contribution is -2.59. The van der Waals surface area contributed by atoms with Gasteiger partial charge < -0.3 is 0 Å². The van der Waals surface area contributed by atoms with Gasteiger partial charge in [-0.05, 0) is 23.3 Å². The molecule has 0 atom stereocenters. The molecule has 0 saturated heterocycles. The fourth-order valence-electron chi connectivity index (χ4n) is 1.11. The van der Waals surface area contributed by atoms with Gasteiger partial charge in [-0.3, -0.25) is 0 Å². The van der Waals surface area contributed by atoms with E-state index in [1.54, 1.807) is 0 Å². The third-order valence-electron chi connectivity index (χ3n) is 2.84. The quantitative estimate of drug-likeness (QED) is 0.674. The lowest BCUT2D eigenvalue weighted by molar-refractivity contribution is 1.67. The fourth-order valence-corrected chi connectivity index (χ4v) is 19.6. The minimum Gasteiger partial charge on any atom is -0.169 e. The Morgan fingerprint density at radius 1 is 0.750 bits per heavy atom. The Hall–Kier alpha value is 1.13. The Bertz CT molecular complexity index is 119. The van der Waals surface area contributed by atoms with Gasteiger partial charge in [0.25, 0.3) is 0 Å². The standard InChI is InChI=1S/C8H22S2Si2/c1-9-7-11(3,4)12(5,6)8-10-2/h7-8H2,1-6H3. The molecule has 0 fully saturated rings. The van der Waals surface area contributed by atoms with E-state index in [0.717, 1.165) is 0 Å². The molecule has 0 N–H and O–H groups in total. The summed E-state index contributed by atoms with van der Waals surface area (Å²) in [6, 6.07) is 0. The van der Waals surface area contributed by atoms with E-state index < -0.39 is 15.2 Å². The van der Waals surface area contributed by atoms with E-state index in [1.165, 1.54) is 10.8 Å². The summed E-state index contributed by atoms with van der Waals surface area (Å²) in [7, 11) is -1.74. The van der Waals surface area contributed by atoms with Crippen molar-refractivity contribution in [1.29, 1.82) is 0 Å². The molecule has 0 heterocycles. The largest absolute Gasteiger partial charge is 0.169 e. The van der Waals surface area contributed by atoms with Crippen LogP contribution in [0.3, 0.4) is 0 Å². The summed E-state index contributed by atoms with van der Waals surface area (Å²) in [5.41, 5.74) is 0. The molecule has 0 amide bonds. The normalized spacial score (nSPS) is 13.5. The molecule has 0 saturated carbocycles. The van der Waals surface area contributed by atoms with E-state index in [-0.39, 0.29) is 0 Å². The second-order valence-electron chi connectivity index (χ2n) is 4.63. The Balaban J connectivity index is 4.28. The SMILES string of the molecule is CSC[Si](C)(C)[Si](C)(C)CSC. The highest BCUT2D eigenvalue weighted by Crippen LogP contribution is 2.24. The van der Waals surface area contributed by atoms with E-state index >= 15 is 0 Å². The third kappa shape index (κ3) is 3.48. The van der Waals surface area contributed by atoms with Crippen LogP contribution in [0.4, 0.5) is 0 Å². The van der Waals surface area contributed by atoms with Crippen molar-refractivity contribution in [2.24, 2.45) is 0 Å². The van der Waals surface area contributed by atoms with Crippen LogP contribution in [-0.4, -0.2) is 38.4 Å². The molecule has 0 aliphatic carbocycles. The maximum Gasteiger partial charge on any atom is 0.0529 e. The van der Waals surface area contributed by atoms with Crippen molar-refractivity contribution in [2.75, 3.05) is 23.3 Å². The van der Waals surface area contributed by atoms with Gasteiger partial charge in [0.15, 0.2) is 0 Å². The van der Waals surface area contributed by atoms with Crippen LogP contribution in [-0.2, 0) is 0 Å². The molecule has 12 heavy (non-hydrogen) atoms. The van der Waals surface area contributed by atoms with Crippen molar-refractivity contribution in [1.82, 2.24) is 0 Å². The molecule has 0 aromatic rings. The molecule has 0 aliphatic rings. The first-order valence-corrected chi connectivity index (χ1v) is 14.6. The molecule has 0 radical (unpaired) electrons. The average Bonchev–Trinajstić information content (AvgIpc) is 1.86. The summed E-state index contributed by atoms with van der Waals surface area (Å²) in [6.45, 7) is 10.3. The van der Waals surface area contributed by atoms with E-state index in [4.69, 9.17) is 0 Å². The van der Waals surface area contributed by atoms with Crippen molar-refractivity contribution in [2.45, 2.75) is 26.2 Å². The van der Waals surface area contributed by atoms with Gasteiger partial charge >= 0.3 is 0 Å². The summed E-state index contributed by atoms with van der Waals surface area (Å²) in [5.74, 6) is 0. The van der Waals surface area contributed by atoms with Crippen LogP contribution in [0.5, 0.6) is 0 Å². The molecule has 0 unspecified atom stereocenters. The van der Waals surface area contributed by atoms with Crippen LogP contribution in [0.1, 0.15) is 0 Å². The Morgan fingerprint density at radius 3 is 1.17 bits per heavy atom. The first kappa shape index (κ1) is 13.1. The summed E-state index contributed by atoms with van der Waals surface area (Å²) in [4.78, 5) is 0. The van der Waals surface area contributed by atoms with Crippen molar-refractivity contribution in [3.63, 3.8) is 0 Å². The fraction of sp³-hybridized carbons (Fsp3) is 1.00. The number of hydrogen-bond acceptors (Lipinski definition) is 2. The van der Waals surface area contributed by atoms with E-state index in [9.17, 15) is 0 Å². The molecular formula is C8H22S2Si2. The van der Waals surface area contributed by atoms with Crippen molar-refractivity contribution >= 4 is 38.7 Å². The minimum atomic E-state index is -0.871. The smallest absolute Gasteiger partial charge is 0.0529 e. The van der Waals surface area contributed by atoms with E-state index in [1.807, 2.05) is 23.5 Å². The summed E-state index contributed by atoms with van der Waals surface area (Å²) >= 11 is 4.10. The number of rotatable bonds is 5. The van der Waals surface area contributed by atoms with Gasteiger partial charge in [0.05, 0.1) is 15.2 Å². The second-order valence-corrected chi connectivity index (χ2v) is 23.8. The minimum absolute atomic E-state index is 0.871. The average molecular weight is 239 g/mol. The first-order valence-electron chi connectivity index (χ1n) is 4.35. The second kappa shape index (κ2) is 5.12. The van der Waals surface area contributed by atoms with Gasteiger partial charge in [0.2, 0.25) is 0 Å². The molecule has 4 heteroatoms. The lowest BCUT2D eigenvalue weighted by Gasteiger charge is -2.37. The van der Waals surface area contributed by atoms with Crippen LogP contribution >= 0.6 is 23.5 Å². The third-order valence-corrected chi connectivity index (χ3v) is 28.2. The molecule has 0 aliphatic heterocycles. The Labute approximate surface area is 88.1 Å². The zero-order chi connectivity index (χ0) is 9.83. The highest BCUT2D eigenvalue weighted by atomic mass is 32.2. The zero-order valence-corrected chi connectivity index (χ0v) is 12.9. The molecule has 0 aromatic heterocycles. The highest BCUT2D eigenvalue weighted by molar-refractivity contribution is 8.03. The molecular weight excluding hydrogens is 216 g/mol. The molecule has 0 nitrogen and oxygen atoms in total. The van der Waals surface area contributed by atoms with Crippen LogP contribution in [0, 0.1) is 0 Å². The van der Waals surface area contributed by atoms with Crippen LogP contribution in [0.25, 0.3) is 0 Å².